The van der Waals surface area contributed by atoms with E-state index in [9.17, 15) is 0 Å². The molecule has 29 valence electrons. The van der Waals surface area contributed by atoms with Crippen molar-refractivity contribution in [3.05, 3.63) is 0 Å². The topological polar surface area (TPSA) is 99.6 Å². The van der Waals surface area contributed by atoms with Gasteiger partial charge in [-0.1, -0.05) is 0 Å². The number of amides is 2. The molecule has 0 spiro atoms. The van der Waals surface area contributed by atoms with Crippen LogP contribution in [-0.2, 0) is 0 Å². The first kappa shape index (κ1) is 8.87. The van der Waals surface area contributed by atoms with Gasteiger partial charge in [0.25, 0.3) is 0 Å². The van der Waals surface area contributed by atoms with Crippen LogP contribution < -0.4 is 17.6 Å². The lowest BCUT2D eigenvalue weighted by atomic mass is 11.2. The van der Waals surface area contributed by atoms with E-state index in [1.54, 1.807) is 0 Å². The molecule has 4 heteroatoms. The second-order valence-corrected chi connectivity index (χ2v) is 0.402. The molecule has 2 amide bonds. The molecule has 3 radical (unpaired) electrons. The van der Waals surface area contributed by atoms with Crippen molar-refractivity contribution in [2.45, 2.75) is 0 Å². The summed E-state index contributed by atoms with van der Waals surface area (Å²) >= 11 is 0. The number of rotatable bonds is 0. The lowest BCUT2D eigenvalue weighted by Gasteiger charge is -1.62. The van der Waals surface area contributed by atoms with E-state index in [4.69, 9.17) is 4.79 Å². The molecule has 4 nitrogen and oxygen atoms in total. The quantitative estimate of drug-likeness (QED) is 0.360. The molecule has 0 fully saturated rings. The summed E-state index contributed by atoms with van der Waals surface area (Å²) in [5.41, 5.74) is 8.50. The van der Waals surface area contributed by atoms with E-state index in [1.165, 1.54) is 0 Å². The summed E-state index contributed by atoms with van der Waals surface area (Å²) in [4.78, 5) is 9.00. The zero-order valence-corrected chi connectivity index (χ0v) is 2.51. The van der Waals surface area contributed by atoms with Crippen LogP contribution >= 0.6 is 0 Å². The van der Waals surface area contributed by atoms with Crippen molar-refractivity contribution < 1.29 is 4.79 Å². The average molecular weight is 74.1 g/mol. The highest BCUT2D eigenvalue weighted by molar-refractivity contribution is 5.69. The Bertz CT molecular complexity index is 29.9. The second kappa shape index (κ2) is 3.23. The molecule has 0 heterocycles. The molecule has 0 rings (SSSR count). The predicted octanol–water partition coefficient (Wildman–Crippen LogP) is -1.46. The molecule has 4 N–H and O–H groups in total. The van der Waals surface area contributed by atoms with Crippen LogP contribution in [-0.4, -0.2) is 6.03 Å². The first-order valence-electron chi connectivity index (χ1n) is 0.781. The van der Waals surface area contributed by atoms with E-state index >= 15 is 0 Å². The second-order valence-electron chi connectivity index (χ2n) is 0.402. The van der Waals surface area contributed by atoms with E-state index in [-0.39, 0.29) is 6.15 Å². The molecule has 5 heavy (non-hydrogen) atoms. The Kier molecular flexibility index (Phi) is 5.73. The number of carbonyl (C=O) groups is 1. The molecule has 0 aromatic carbocycles. The molecule has 0 aliphatic heterocycles. The summed E-state index contributed by atoms with van der Waals surface area (Å²) in [6, 6.07) is -0.833. The monoisotopic (exact) mass is 74.0 g/mol. The molecule has 0 atom stereocenters. The Morgan fingerprint density at radius 1 is 1.40 bits per heavy atom. The molecule has 0 saturated heterocycles. The minimum absolute atomic E-state index is 0. The Balaban J connectivity index is 0. The fraction of sp³-hybridized carbons (Fsp3) is 0. The van der Waals surface area contributed by atoms with Crippen molar-refractivity contribution in [2.24, 2.45) is 11.5 Å². The van der Waals surface area contributed by atoms with Crippen molar-refractivity contribution >= 4 is 6.03 Å². The Hall–Kier alpha value is -0.770. The van der Waals surface area contributed by atoms with Gasteiger partial charge in [0.05, 0.1) is 0 Å². The van der Waals surface area contributed by atoms with Crippen molar-refractivity contribution in [2.75, 3.05) is 0 Å². The molecule has 0 aromatic rings. The predicted molar refractivity (Wildman–Crippen MR) is 15.9 cm³/mol. The highest BCUT2D eigenvalue weighted by atomic mass is 16.2. The molecule has 0 aliphatic rings. The maximum absolute atomic E-state index is 9.00. The van der Waals surface area contributed by atoms with Gasteiger partial charge in [-0.25, -0.2) is 4.79 Å². The Morgan fingerprint density at radius 2 is 1.40 bits per heavy atom. The molecule has 0 bridgehead atoms. The fourth-order valence-corrected chi connectivity index (χ4v) is 0. The van der Waals surface area contributed by atoms with Gasteiger partial charge in [-0.3, -0.25) is 0 Å². The molecule has 0 aromatic heterocycles. The van der Waals surface area contributed by atoms with Crippen LogP contribution in [0.3, 0.4) is 0 Å². The fourth-order valence-electron chi connectivity index (χ4n) is 0. The highest BCUT2D eigenvalue weighted by Gasteiger charge is 1.60. The van der Waals surface area contributed by atoms with Crippen LogP contribution in [0, 0.1) is 0 Å². The van der Waals surface area contributed by atoms with Crippen LogP contribution in [0.4, 0.5) is 4.79 Å². The minimum atomic E-state index is -0.833. The standard InChI is InChI=1S/CH4N2O.N/c2-1(3)4;/h(H4,2,3,4);. The number of hydrogen-bond donors (Lipinski definition) is 2. The largest absolute Gasteiger partial charge is 0.352 e. The molecule has 0 unspecified atom stereocenters. The SMILES string of the molecule is NC(N)=O.[N]. The summed E-state index contributed by atoms with van der Waals surface area (Å²) in [7, 11) is 0. The van der Waals surface area contributed by atoms with Crippen molar-refractivity contribution in [3.8, 4) is 0 Å². The third kappa shape index (κ3) is 8.24. The number of carbonyl (C=O) groups excluding carboxylic acids is 1. The zero-order chi connectivity index (χ0) is 3.58. The van der Waals surface area contributed by atoms with Gasteiger partial charge in [-0.2, -0.15) is 0 Å². The average Bonchev–Trinajstić information content (AvgIpc) is 0.811. The first-order chi connectivity index (χ1) is 1.73. The van der Waals surface area contributed by atoms with E-state index < -0.39 is 6.03 Å². The number of primary amides is 2. The lowest BCUT2D eigenvalue weighted by Crippen LogP contribution is -2.18. The zero-order valence-electron chi connectivity index (χ0n) is 2.51. The summed E-state index contributed by atoms with van der Waals surface area (Å²) in [5.74, 6) is 0. The van der Waals surface area contributed by atoms with Crippen LogP contribution in [0.5, 0.6) is 0 Å². The van der Waals surface area contributed by atoms with Gasteiger partial charge >= 0.3 is 6.03 Å². The summed E-state index contributed by atoms with van der Waals surface area (Å²) in [6.45, 7) is 0. The van der Waals surface area contributed by atoms with Crippen molar-refractivity contribution in [3.63, 3.8) is 0 Å². The summed E-state index contributed by atoms with van der Waals surface area (Å²) in [6.07, 6.45) is 0. The third-order valence-electron chi connectivity index (χ3n) is 0. The van der Waals surface area contributed by atoms with Gasteiger partial charge in [0.2, 0.25) is 0 Å². The Labute approximate surface area is 29.7 Å². The smallest absolute Gasteiger partial charge is 0.309 e. The maximum Gasteiger partial charge on any atom is 0.309 e. The van der Waals surface area contributed by atoms with Crippen LogP contribution in [0.1, 0.15) is 0 Å². The van der Waals surface area contributed by atoms with Crippen LogP contribution in [0.25, 0.3) is 0 Å². The molecular weight excluding hydrogens is 70.0 g/mol. The van der Waals surface area contributed by atoms with E-state index in [0.717, 1.165) is 0 Å². The van der Waals surface area contributed by atoms with Gasteiger partial charge in [0.1, 0.15) is 0 Å². The highest BCUT2D eigenvalue weighted by Crippen LogP contribution is 1.25. The van der Waals surface area contributed by atoms with Gasteiger partial charge in [0, 0.05) is 6.15 Å². The minimum Gasteiger partial charge on any atom is -0.352 e. The normalized spacial score (nSPS) is 4.80. The number of hydrogen-bond acceptors (Lipinski definition) is 1. The number of nitrogens with two attached hydrogens (primary N) is 2. The van der Waals surface area contributed by atoms with Gasteiger partial charge in [0.15, 0.2) is 0 Å². The third-order valence-corrected chi connectivity index (χ3v) is 0. The number of nitrogens with zero attached hydrogens (tertiary/aromatic N) is 1. The van der Waals surface area contributed by atoms with Gasteiger partial charge < -0.3 is 11.5 Å². The summed E-state index contributed by atoms with van der Waals surface area (Å²) in [5, 5.41) is 0. The maximum atomic E-state index is 9.00. The van der Waals surface area contributed by atoms with Gasteiger partial charge in [-0.05, 0) is 0 Å². The number of urea groups is 1. The van der Waals surface area contributed by atoms with Crippen LogP contribution in [0.15, 0.2) is 0 Å². The van der Waals surface area contributed by atoms with E-state index in [1.807, 2.05) is 0 Å². The van der Waals surface area contributed by atoms with Crippen molar-refractivity contribution in [1.29, 1.82) is 0 Å². The summed E-state index contributed by atoms with van der Waals surface area (Å²) < 4.78 is 0. The molecule has 0 saturated carbocycles. The van der Waals surface area contributed by atoms with Crippen LogP contribution in [0.2, 0.25) is 0 Å². The lowest BCUT2D eigenvalue weighted by molar-refractivity contribution is 0.256. The molecule has 0 aliphatic carbocycles. The van der Waals surface area contributed by atoms with Gasteiger partial charge in [-0.15, -0.1) is 0 Å². The van der Waals surface area contributed by atoms with E-state index in [0.29, 0.717) is 0 Å². The van der Waals surface area contributed by atoms with E-state index in [2.05, 4.69) is 11.5 Å². The Morgan fingerprint density at radius 3 is 1.40 bits per heavy atom. The molecular formula is CH4N3O. The first-order valence-corrected chi connectivity index (χ1v) is 0.781. The van der Waals surface area contributed by atoms with Crippen molar-refractivity contribution in [1.82, 2.24) is 6.15 Å².